The number of H-pyrrole nitrogens is 2. The Morgan fingerprint density at radius 2 is 1.74 bits per heavy atom. The van der Waals surface area contributed by atoms with Gasteiger partial charge in [0.15, 0.2) is 0 Å². The number of aliphatic imine (C=N–C) groups is 1. The van der Waals surface area contributed by atoms with Crippen LogP contribution in [0.2, 0.25) is 0 Å². The zero-order chi connectivity index (χ0) is 25.7. The number of hydrogen-bond acceptors (Lipinski definition) is 6. The second kappa shape index (κ2) is 18.8. The third kappa shape index (κ3) is 14.3. The quantitative estimate of drug-likeness (QED) is 0.513. The van der Waals surface area contributed by atoms with E-state index in [1.165, 1.54) is 24.0 Å². The van der Waals surface area contributed by atoms with Crippen LogP contribution in [0.4, 0.5) is 0 Å². The fraction of sp³-hybridized carbons (Fsp3) is 0.462. The molecule has 2 N–H and O–H groups in total. The predicted molar refractivity (Wildman–Crippen MR) is 143 cm³/mol. The van der Waals surface area contributed by atoms with Crippen LogP contribution >= 0.6 is 0 Å². The van der Waals surface area contributed by atoms with E-state index >= 15 is 0 Å². The van der Waals surface area contributed by atoms with Crippen molar-refractivity contribution in [2.75, 3.05) is 0 Å². The van der Waals surface area contributed by atoms with Crippen molar-refractivity contribution in [2.24, 2.45) is 12.0 Å². The standard InChI is InChI=1S/C7H10.C6H9N.C5H8N2.2C4H7N3/c1-2-7-5-3-4-6-7;1-2-6-4-3-5-7-6;1-2-5-6-3-4-7-5;1-4-3-7(2)6-5-4;1-2-4-5-3-6-7-4/h3,5-6H,2,4H2,1H3;4-5H,2-3H2,1H3;3-4H,2H2,1H3,(H,6,7);3H,1-2H3;3H,2H2,1H3,(H,5,6,7). The van der Waals surface area contributed by atoms with Crippen molar-refractivity contribution >= 4 is 6.21 Å². The highest BCUT2D eigenvalue weighted by Gasteiger charge is 1.92. The van der Waals surface area contributed by atoms with Gasteiger partial charge in [0.05, 0.1) is 5.69 Å². The van der Waals surface area contributed by atoms with Gasteiger partial charge in [-0.25, -0.2) is 9.97 Å². The van der Waals surface area contributed by atoms with Gasteiger partial charge in [0.1, 0.15) is 18.0 Å². The molecule has 0 unspecified atom stereocenters. The average molecular weight is 480 g/mol. The second-order valence-electron chi connectivity index (χ2n) is 7.58. The molecule has 2 aliphatic rings. The Balaban J connectivity index is 0.000000219. The molecule has 1 aliphatic heterocycles. The summed E-state index contributed by atoms with van der Waals surface area (Å²) < 4.78 is 1.68. The molecule has 0 bridgehead atoms. The molecule has 0 radical (unpaired) electrons. The first-order chi connectivity index (χ1) is 17.0. The summed E-state index contributed by atoms with van der Waals surface area (Å²) in [7, 11) is 1.85. The van der Waals surface area contributed by atoms with Crippen molar-refractivity contribution < 1.29 is 0 Å². The van der Waals surface area contributed by atoms with E-state index in [1.54, 1.807) is 10.9 Å². The average Bonchev–Trinajstić information content (AvgIpc) is 3.73. The van der Waals surface area contributed by atoms with Gasteiger partial charge in [0, 0.05) is 56.8 Å². The first-order valence-corrected chi connectivity index (χ1v) is 12.2. The van der Waals surface area contributed by atoms with E-state index in [4.69, 9.17) is 0 Å². The summed E-state index contributed by atoms with van der Waals surface area (Å²) in [4.78, 5) is 14.9. The van der Waals surface area contributed by atoms with E-state index in [0.29, 0.717) is 0 Å². The highest BCUT2D eigenvalue weighted by molar-refractivity contribution is 5.64. The highest BCUT2D eigenvalue weighted by Crippen LogP contribution is 2.10. The Labute approximate surface area is 209 Å². The van der Waals surface area contributed by atoms with Crippen LogP contribution in [0.1, 0.15) is 70.7 Å². The molecule has 3 aromatic rings. The maximum Gasteiger partial charge on any atom is 0.137 e. The zero-order valence-electron chi connectivity index (χ0n) is 22.1. The number of aromatic amines is 2. The van der Waals surface area contributed by atoms with Crippen LogP contribution in [-0.2, 0) is 19.9 Å². The Morgan fingerprint density at radius 1 is 0.943 bits per heavy atom. The van der Waals surface area contributed by atoms with Crippen molar-refractivity contribution in [1.29, 1.82) is 0 Å². The van der Waals surface area contributed by atoms with Gasteiger partial charge in [-0.3, -0.25) is 14.8 Å². The molecule has 5 rings (SSSR count). The summed E-state index contributed by atoms with van der Waals surface area (Å²) in [5.74, 6) is 2.00. The van der Waals surface area contributed by atoms with Gasteiger partial charge in [0.25, 0.3) is 0 Å². The van der Waals surface area contributed by atoms with Crippen molar-refractivity contribution in [3.8, 4) is 0 Å². The molecule has 1 aliphatic carbocycles. The number of allylic oxidation sites excluding steroid dienone is 6. The van der Waals surface area contributed by atoms with Gasteiger partial charge in [-0.05, 0) is 26.2 Å². The van der Waals surface area contributed by atoms with Crippen molar-refractivity contribution in [3.63, 3.8) is 0 Å². The van der Waals surface area contributed by atoms with Gasteiger partial charge in [-0.15, -0.1) is 5.10 Å². The zero-order valence-corrected chi connectivity index (χ0v) is 22.1. The minimum atomic E-state index is 0.931. The Kier molecular flexibility index (Phi) is 15.8. The fourth-order valence-corrected chi connectivity index (χ4v) is 2.77. The molecule has 0 fully saturated rings. The molecule has 0 spiro atoms. The fourth-order valence-electron chi connectivity index (χ4n) is 2.77. The lowest BCUT2D eigenvalue weighted by atomic mass is 10.2. The third-order valence-corrected chi connectivity index (χ3v) is 4.74. The van der Waals surface area contributed by atoms with E-state index in [9.17, 15) is 0 Å². The summed E-state index contributed by atoms with van der Waals surface area (Å²) >= 11 is 0. The Morgan fingerprint density at radius 3 is 2.00 bits per heavy atom. The molecule has 3 aromatic heterocycles. The maximum absolute atomic E-state index is 4.09. The van der Waals surface area contributed by atoms with Gasteiger partial charge in [-0.1, -0.05) is 62.8 Å². The SMILES string of the molecule is CCC1=CCC=C1.CCC1=CCC=N1.CCc1ncc[nH]1.CCc1ncn[nH]1.Cc1cn(C)nn1. The topological polar surface area (TPSA) is 113 Å². The smallest absolute Gasteiger partial charge is 0.137 e. The molecule has 0 saturated carbocycles. The van der Waals surface area contributed by atoms with E-state index in [-0.39, 0.29) is 0 Å². The number of hydrogen-bond donors (Lipinski definition) is 2. The summed E-state index contributed by atoms with van der Waals surface area (Å²) in [6.07, 6.45) is 24.1. The molecule has 9 heteroatoms. The van der Waals surface area contributed by atoms with E-state index in [0.717, 1.165) is 49.4 Å². The maximum atomic E-state index is 4.09. The number of nitrogens with zero attached hydrogens (tertiary/aromatic N) is 7. The van der Waals surface area contributed by atoms with Crippen molar-refractivity contribution in [1.82, 2.24) is 40.1 Å². The minimum Gasteiger partial charge on any atom is -0.349 e. The number of aryl methyl sites for hydroxylation is 4. The van der Waals surface area contributed by atoms with Crippen LogP contribution in [0.15, 0.2) is 65.5 Å². The van der Waals surface area contributed by atoms with Crippen molar-refractivity contribution in [2.45, 2.75) is 73.1 Å². The van der Waals surface area contributed by atoms with Crippen LogP contribution in [0.25, 0.3) is 0 Å². The van der Waals surface area contributed by atoms with Crippen LogP contribution < -0.4 is 0 Å². The van der Waals surface area contributed by atoms with Crippen LogP contribution in [-0.4, -0.2) is 46.4 Å². The predicted octanol–water partition coefficient (Wildman–Crippen LogP) is 5.50. The van der Waals surface area contributed by atoms with Gasteiger partial charge in [-0.2, -0.15) is 5.10 Å². The molecular weight excluding hydrogens is 438 g/mol. The molecule has 35 heavy (non-hydrogen) atoms. The largest absolute Gasteiger partial charge is 0.349 e. The number of imidazole rings is 1. The van der Waals surface area contributed by atoms with Crippen molar-refractivity contribution in [3.05, 3.63) is 77.8 Å². The van der Waals surface area contributed by atoms with Gasteiger partial charge in [0.2, 0.25) is 0 Å². The number of aromatic nitrogens is 8. The molecule has 4 heterocycles. The summed E-state index contributed by atoms with van der Waals surface area (Å²) in [5.41, 5.74) is 3.68. The van der Waals surface area contributed by atoms with Gasteiger partial charge < -0.3 is 4.98 Å². The lowest BCUT2D eigenvalue weighted by Gasteiger charge is -1.84. The van der Waals surface area contributed by atoms with Gasteiger partial charge >= 0.3 is 0 Å². The second-order valence-corrected chi connectivity index (χ2v) is 7.58. The number of nitrogens with one attached hydrogen (secondary N) is 2. The lowest BCUT2D eigenvalue weighted by Crippen LogP contribution is -1.85. The molecule has 0 aromatic carbocycles. The van der Waals surface area contributed by atoms with Crippen LogP contribution in [0.5, 0.6) is 0 Å². The summed E-state index contributed by atoms with van der Waals surface area (Å²) in [6, 6.07) is 0. The summed E-state index contributed by atoms with van der Waals surface area (Å²) in [6.45, 7) is 10.3. The molecule has 0 saturated heterocycles. The number of rotatable bonds is 4. The normalized spacial score (nSPS) is 12.6. The van der Waals surface area contributed by atoms with Crippen LogP contribution in [0, 0.1) is 6.92 Å². The monoisotopic (exact) mass is 479 g/mol. The summed E-state index contributed by atoms with van der Waals surface area (Å²) in [5, 5.41) is 13.8. The molecule has 9 nitrogen and oxygen atoms in total. The van der Waals surface area contributed by atoms with E-state index in [1.807, 2.05) is 39.5 Å². The van der Waals surface area contributed by atoms with Crippen LogP contribution in [0.3, 0.4) is 0 Å². The molecule has 0 atom stereocenters. The molecule has 190 valence electrons. The highest BCUT2D eigenvalue weighted by atomic mass is 15.4. The first kappa shape index (κ1) is 29.4. The van der Waals surface area contributed by atoms with E-state index < -0.39 is 0 Å². The molecule has 0 amide bonds. The van der Waals surface area contributed by atoms with E-state index in [2.05, 4.69) is 85.5 Å². The minimum absolute atomic E-state index is 0.931. The Hall–Kier alpha value is -3.62. The lowest BCUT2D eigenvalue weighted by molar-refractivity contribution is 0.714. The molecular formula is C26H41N9. The first-order valence-electron chi connectivity index (χ1n) is 12.2. The Bertz CT molecular complexity index is 927. The third-order valence-electron chi connectivity index (χ3n) is 4.74.